The van der Waals surface area contributed by atoms with Gasteiger partial charge in [0.25, 0.3) is 0 Å². The summed E-state index contributed by atoms with van der Waals surface area (Å²) in [7, 11) is -8.91. The van der Waals surface area contributed by atoms with E-state index in [1.165, 1.54) is 21.0 Å². The first kappa shape index (κ1) is 24.8. The van der Waals surface area contributed by atoms with Gasteiger partial charge in [-0.1, -0.05) is 6.92 Å². The molecular formula is C13H24O14S2. The zero-order valence-electron chi connectivity index (χ0n) is 15.6. The molecule has 2 unspecified atom stereocenters. The minimum atomic E-state index is -5.06. The zero-order valence-corrected chi connectivity index (χ0v) is 17.2. The van der Waals surface area contributed by atoms with Crippen LogP contribution in [-0.2, 0) is 48.1 Å². The van der Waals surface area contributed by atoms with E-state index in [2.05, 4.69) is 8.37 Å². The molecule has 2 saturated heterocycles. The van der Waals surface area contributed by atoms with E-state index < -0.39 is 75.9 Å². The summed E-state index contributed by atoms with van der Waals surface area (Å²) in [6, 6.07) is 0. The lowest BCUT2D eigenvalue weighted by atomic mass is 9.96. The lowest BCUT2D eigenvalue weighted by Gasteiger charge is -2.45. The maximum atomic E-state index is 11.2. The Morgan fingerprint density at radius 2 is 1.41 bits per heavy atom. The largest absolute Gasteiger partial charge is 0.397 e. The second-order valence-electron chi connectivity index (χ2n) is 6.68. The van der Waals surface area contributed by atoms with Crippen molar-refractivity contribution in [1.82, 2.24) is 0 Å². The molecule has 14 nitrogen and oxygen atoms in total. The van der Waals surface area contributed by atoms with E-state index >= 15 is 0 Å². The Hall–Kier alpha value is -0.500. The first-order chi connectivity index (χ1) is 13.2. The van der Waals surface area contributed by atoms with Gasteiger partial charge in [-0.2, -0.15) is 16.8 Å². The molecule has 2 rings (SSSR count). The molecule has 0 amide bonds. The van der Waals surface area contributed by atoms with Crippen LogP contribution in [0.25, 0.3) is 0 Å². The van der Waals surface area contributed by atoms with E-state index in [9.17, 15) is 27.0 Å². The van der Waals surface area contributed by atoms with Crippen LogP contribution in [0.1, 0.15) is 13.8 Å². The van der Waals surface area contributed by atoms with Gasteiger partial charge >= 0.3 is 20.8 Å². The molecule has 2 heterocycles. The van der Waals surface area contributed by atoms with Crippen molar-refractivity contribution >= 4 is 20.8 Å². The van der Waals surface area contributed by atoms with Crippen LogP contribution in [0.3, 0.4) is 0 Å². The molecule has 0 spiro atoms. The Labute approximate surface area is 167 Å². The van der Waals surface area contributed by atoms with Crippen molar-refractivity contribution in [2.75, 3.05) is 13.7 Å². The highest BCUT2D eigenvalue weighted by Gasteiger charge is 2.51. The van der Waals surface area contributed by atoms with Crippen molar-refractivity contribution in [2.45, 2.75) is 63.1 Å². The summed E-state index contributed by atoms with van der Waals surface area (Å²) in [4.78, 5) is 0. The third-order valence-corrected chi connectivity index (χ3v) is 5.38. The molecule has 9 atom stereocenters. The van der Waals surface area contributed by atoms with Crippen LogP contribution >= 0.6 is 0 Å². The van der Waals surface area contributed by atoms with Crippen LogP contribution in [0.2, 0.25) is 0 Å². The van der Waals surface area contributed by atoms with Crippen LogP contribution in [0.4, 0.5) is 0 Å². The summed E-state index contributed by atoms with van der Waals surface area (Å²) < 4.78 is 92.7. The molecule has 172 valence electrons. The SMILES string of the molecule is COC1OC(C)[C@H](O[C@@H]2OC[C@@H](C)[C@@H](O)[C@@H]2OS(=O)(=O)O)[C@@H](OS(=O)(=O)O)[C@@H]1O. The van der Waals surface area contributed by atoms with Crippen LogP contribution in [0, 0.1) is 5.92 Å². The molecule has 0 saturated carbocycles. The smallest absolute Gasteiger partial charge is 0.390 e. The van der Waals surface area contributed by atoms with Crippen molar-refractivity contribution < 1.29 is 63.5 Å². The Morgan fingerprint density at radius 3 is 1.93 bits per heavy atom. The van der Waals surface area contributed by atoms with Crippen LogP contribution in [0.5, 0.6) is 0 Å². The molecule has 29 heavy (non-hydrogen) atoms. The minimum absolute atomic E-state index is 0.105. The molecule has 4 N–H and O–H groups in total. The summed E-state index contributed by atoms with van der Waals surface area (Å²) >= 11 is 0. The summed E-state index contributed by atoms with van der Waals surface area (Å²) in [5.74, 6) is -0.602. The Morgan fingerprint density at radius 1 is 0.862 bits per heavy atom. The fraction of sp³-hybridized carbons (Fsp3) is 1.00. The molecule has 16 heteroatoms. The normalized spacial score (nSPS) is 42.0. The van der Waals surface area contributed by atoms with Crippen LogP contribution < -0.4 is 0 Å². The van der Waals surface area contributed by atoms with E-state index in [0.717, 1.165) is 0 Å². The number of hydrogen-bond acceptors (Lipinski definition) is 12. The fourth-order valence-corrected chi connectivity index (χ4v) is 4.05. The summed E-state index contributed by atoms with van der Waals surface area (Å²) in [5.41, 5.74) is 0. The number of ether oxygens (including phenoxy) is 4. The number of aliphatic hydroxyl groups is 2. The monoisotopic (exact) mass is 468 g/mol. The van der Waals surface area contributed by atoms with Gasteiger partial charge < -0.3 is 29.2 Å². The maximum absolute atomic E-state index is 11.2. The van der Waals surface area contributed by atoms with Gasteiger partial charge in [-0.25, -0.2) is 8.37 Å². The minimum Gasteiger partial charge on any atom is -0.390 e. The van der Waals surface area contributed by atoms with Crippen molar-refractivity contribution in [1.29, 1.82) is 0 Å². The van der Waals surface area contributed by atoms with Gasteiger partial charge in [-0.15, -0.1) is 0 Å². The lowest BCUT2D eigenvalue weighted by molar-refractivity contribution is -0.332. The second-order valence-corrected chi connectivity index (χ2v) is 8.78. The second kappa shape index (κ2) is 9.33. The van der Waals surface area contributed by atoms with Crippen LogP contribution in [-0.4, -0.2) is 99.1 Å². The van der Waals surface area contributed by atoms with Gasteiger partial charge in [0.1, 0.15) is 18.3 Å². The zero-order chi connectivity index (χ0) is 22.1. The number of hydrogen-bond donors (Lipinski definition) is 4. The quantitative estimate of drug-likeness (QED) is 0.294. The van der Waals surface area contributed by atoms with Crippen molar-refractivity contribution in [3.8, 4) is 0 Å². The molecule has 2 fully saturated rings. The Balaban J connectivity index is 2.30. The highest BCUT2D eigenvalue weighted by Crippen LogP contribution is 2.32. The first-order valence-electron chi connectivity index (χ1n) is 8.36. The highest BCUT2D eigenvalue weighted by molar-refractivity contribution is 7.81. The van der Waals surface area contributed by atoms with Crippen molar-refractivity contribution in [3.05, 3.63) is 0 Å². The third-order valence-electron chi connectivity index (χ3n) is 4.45. The summed E-state index contributed by atoms with van der Waals surface area (Å²) in [6.07, 6.45) is -12.2. The summed E-state index contributed by atoms with van der Waals surface area (Å²) in [5, 5.41) is 20.5. The molecular weight excluding hydrogens is 444 g/mol. The molecule has 0 aromatic carbocycles. The first-order valence-corrected chi connectivity index (χ1v) is 11.1. The van der Waals surface area contributed by atoms with Gasteiger partial charge in [0.15, 0.2) is 18.7 Å². The predicted octanol–water partition coefficient (Wildman–Crippen LogP) is -2.15. The standard InChI is InChI=1S/C13H24O14S2/c1-5-4-23-13(11(7(5)14)27-29(19,20)21)25-9-6(2)24-12(22-3)8(15)10(9)26-28(16,17)18/h5-15H,4H2,1-3H3,(H,16,17,18)(H,19,20,21)/t5-,6?,7-,8+,9+,10+,11+,12?,13+/m1/s1. The lowest BCUT2D eigenvalue weighted by Crippen LogP contribution is -2.62. The average Bonchev–Trinajstić information content (AvgIpc) is 2.57. The highest BCUT2D eigenvalue weighted by atomic mass is 32.3. The topological polar surface area (TPSA) is 205 Å². The Bertz CT molecular complexity index is 753. The van der Waals surface area contributed by atoms with Crippen molar-refractivity contribution in [3.63, 3.8) is 0 Å². The number of methoxy groups -OCH3 is 1. The number of rotatable bonds is 7. The van der Waals surface area contributed by atoms with E-state index in [1.807, 2.05) is 0 Å². The maximum Gasteiger partial charge on any atom is 0.397 e. The molecule has 0 radical (unpaired) electrons. The number of aliphatic hydroxyl groups excluding tert-OH is 2. The Kier molecular flexibility index (Phi) is 7.97. The van der Waals surface area contributed by atoms with Gasteiger partial charge in [0.05, 0.1) is 18.8 Å². The van der Waals surface area contributed by atoms with Gasteiger partial charge in [0.2, 0.25) is 0 Å². The van der Waals surface area contributed by atoms with Crippen molar-refractivity contribution in [2.24, 2.45) is 5.92 Å². The third kappa shape index (κ3) is 6.49. The molecule has 0 aromatic rings. The van der Waals surface area contributed by atoms with Gasteiger partial charge in [-0.3, -0.25) is 9.11 Å². The predicted molar refractivity (Wildman–Crippen MR) is 90.0 cm³/mol. The molecule has 0 aromatic heterocycles. The van der Waals surface area contributed by atoms with Crippen LogP contribution in [0.15, 0.2) is 0 Å². The van der Waals surface area contributed by atoms with E-state index in [1.54, 1.807) is 0 Å². The molecule has 2 aliphatic rings. The molecule has 0 bridgehead atoms. The van der Waals surface area contributed by atoms with E-state index in [4.69, 9.17) is 28.1 Å². The molecule has 0 aliphatic carbocycles. The van der Waals surface area contributed by atoms with Gasteiger partial charge in [-0.05, 0) is 6.92 Å². The summed E-state index contributed by atoms with van der Waals surface area (Å²) in [6.45, 7) is 2.81. The molecule has 2 aliphatic heterocycles. The fourth-order valence-electron chi connectivity index (χ4n) is 3.06. The average molecular weight is 468 g/mol. The van der Waals surface area contributed by atoms with Gasteiger partial charge in [0, 0.05) is 13.0 Å². The van der Waals surface area contributed by atoms with E-state index in [-0.39, 0.29) is 6.61 Å². The van der Waals surface area contributed by atoms with E-state index in [0.29, 0.717) is 0 Å².